The van der Waals surface area contributed by atoms with E-state index in [-0.39, 0.29) is 40.7 Å². The zero-order valence-electron chi connectivity index (χ0n) is 17.2. The molecule has 0 aliphatic carbocycles. The zero-order valence-corrected chi connectivity index (χ0v) is 18.8. The third-order valence-electron chi connectivity index (χ3n) is 6.41. The molecule has 2 unspecified atom stereocenters. The highest BCUT2D eigenvalue weighted by atomic mass is 35.5. The quantitative estimate of drug-likeness (QED) is 0.509. The Balaban J connectivity index is 1.37. The van der Waals surface area contributed by atoms with Crippen molar-refractivity contribution in [2.24, 2.45) is 0 Å². The van der Waals surface area contributed by atoms with Crippen LogP contribution in [0.15, 0.2) is 47.4 Å². The average molecular weight is 467 g/mol. The fraction of sp³-hybridized carbons (Fsp3) is 0.304. The zero-order chi connectivity index (χ0) is 22.6. The first-order valence-electron chi connectivity index (χ1n) is 10.2. The van der Waals surface area contributed by atoms with Gasteiger partial charge in [0.1, 0.15) is 12.1 Å². The van der Waals surface area contributed by atoms with Gasteiger partial charge < -0.3 is 9.80 Å². The SMILES string of the molecule is Cc1c(N2C(=O)[C@H]3C4CC(CN4C(=O)CSc4ccccc4)N3C2=O)ccc(C#N)c1Cl. The first kappa shape index (κ1) is 20.9. The van der Waals surface area contributed by atoms with Crippen molar-refractivity contribution in [3.05, 3.63) is 58.6 Å². The molecule has 7 nitrogen and oxygen atoms in total. The maximum Gasteiger partial charge on any atom is 0.332 e. The number of amides is 4. The number of nitriles is 1. The molecule has 0 aromatic heterocycles. The van der Waals surface area contributed by atoms with Gasteiger partial charge in [-0.25, -0.2) is 9.69 Å². The minimum Gasteiger partial charge on any atom is -0.334 e. The lowest BCUT2D eigenvalue weighted by Gasteiger charge is -2.34. The molecule has 32 heavy (non-hydrogen) atoms. The molecule has 162 valence electrons. The molecule has 0 N–H and O–H groups in total. The van der Waals surface area contributed by atoms with Gasteiger partial charge in [0.25, 0.3) is 5.91 Å². The highest BCUT2D eigenvalue weighted by Gasteiger charge is 2.62. The second kappa shape index (κ2) is 7.84. The molecule has 3 aliphatic rings. The van der Waals surface area contributed by atoms with Gasteiger partial charge in [0.15, 0.2) is 0 Å². The number of thioether (sulfide) groups is 1. The molecular weight excluding hydrogens is 448 g/mol. The molecule has 0 saturated carbocycles. The van der Waals surface area contributed by atoms with Gasteiger partial charge in [-0.1, -0.05) is 29.8 Å². The molecular formula is C23H19ClN4O3S. The Kier molecular flexibility index (Phi) is 5.11. The van der Waals surface area contributed by atoms with Crippen LogP contribution in [0.25, 0.3) is 0 Å². The Morgan fingerprint density at radius 1 is 1.22 bits per heavy atom. The Hall–Kier alpha value is -3.02. The fourth-order valence-electron chi connectivity index (χ4n) is 4.91. The average Bonchev–Trinajstić information content (AvgIpc) is 3.47. The molecule has 3 aliphatic heterocycles. The predicted octanol–water partition coefficient (Wildman–Crippen LogP) is 3.43. The van der Waals surface area contributed by atoms with Crippen molar-refractivity contribution in [1.82, 2.24) is 9.80 Å². The molecule has 0 spiro atoms. The standard InChI is InChI=1S/C23H19ClN4O3S/c1-13-17(8-7-14(10-25)20(13)24)28-22(30)21-18-9-15(27(21)23(28)31)11-26(18)19(29)12-32-16-5-3-2-4-6-16/h2-8,15,18,21H,9,11-12H2,1H3/t15?,18?,21-/m1/s1. The lowest BCUT2D eigenvalue weighted by atomic mass is 10.1. The number of hydrogen-bond acceptors (Lipinski definition) is 5. The van der Waals surface area contributed by atoms with Crippen molar-refractivity contribution in [3.8, 4) is 6.07 Å². The molecule has 9 heteroatoms. The Bertz CT molecular complexity index is 1180. The van der Waals surface area contributed by atoms with Crippen molar-refractivity contribution >= 4 is 46.9 Å². The van der Waals surface area contributed by atoms with Crippen LogP contribution in [0.2, 0.25) is 5.02 Å². The van der Waals surface area contributed by atoms with E-state index in [1.165, 1.54) is 17.8 Å². The monoisotopic (exact) mass is 466 g/mol. The molecule has 3 fully saturated rings. The highest BCUT2D eigenvalue weighted by Crippen LogP contribution is 2.43. The Morgan fingerprint density at radius 3 is 2.69 bits per heavy atom. The van der Waals surface area contributed by atoms with Crippen LogP contribution in [-0.2, 0) is 9.59 Å². The highest BCUT2D eigenvalue weighted by molar-refractivity contribution is 8.00. The van der Waals surface area contributed by atoms with E-state index < -0.39 is 6.04 Å². The second-order valence-corrected chi connectivity index (χ2v) is 9.52. The van der Waals surface area contributed by atoms with Crippen LogP contribution in [0, 0.1) is 18.3 Å². The summed E-state index contributed by atoms with van der Waals surface area (Å²) >= 11 is 7.74. The van der Waals surface area contributed by atoms with Gasteiger partial charge in [-0.05, 0) is 43.2 Å². The number of likely N-dealkylation sites (tertiary alicyclic amines) is 1. The number of benzene rings is 2. The third-order valence-corrected chi connectivity index (χ3v) is 7.89. The molecule has 5 rings (SSSR count). The van der Waals surface area contributed by atoms with Crippen molar-refractivity contribution in [1.29, 1.82) is 5.26 Å². The van der Waals surface area contributed by atoms with Gasteiger partial charge in [-0.15, -0.1) is 11.8 Å². The summed E-state index contributed by atoms with van der Waals surface area (Å²) in [5.41, 5.74) is 1.18. The smallest absolute Gasteiger partial charge is 0.332 e. The summed E-state index contributed by atoms with van der Waals surface area (Å²) in [6.45, 7) is 2.13. The first-order chi connectivity index (χ1) is 15.4. The summed E-state index contributed by atoms with van der Waals surface area (Å²) in [5.74, 6) is -0.0854. The molecule has 2 aromatic carbocycles. The normalized spacial score (nSPS) is 23.7. The maximum atomic E-state index is 13.4. The van der Waals surface area contributed by atoms with Crippen LogP contribution < -0.4 is 4.90 Å². The summed E-state index contributed by atoms with van der Waals surface area (Å²) in [4.78, 5) is 45.0. The van der Waals surface area contributed by atoms with E-state index in [9.17, 15) is 19.6 Å². The number of piperazine rings is 1. The number of anilines is 1. The Morgan fingerprint density at radius 2 is 1.97 bits per heavy atom. The summed E-state index contributed by atoms with van der Waals surface area (Å²) < 4.78 is 0. The van der Waals surface area contributed by atoms with Gasteiger partial charge >= 0.3 is 6.03 Å². The summed E-state index contributed by atoms with van der Waals surface area (Å²) in [6.07, 6.45) is 0.616. The summed E-state index contributed by atoms with van der Waals surface area (Å²) in [5, 5.41) is 9.41. The molecule has 4 amide bonds. The molecule has 3 heterocycles. The van der Waals surface area contributed by atoms with Crippen LogP contribution >= 0.6 is 23.4 Å². The van der Waals surface area contributed by atoms with Crippen molar-refractivity contribution in [3.63, 3.8) is 0 Å². The predicted molar refractivity (Wildman–Crippen MR) is 120 cm³/mol. The van der Waals surface area contributed by atoms with Gasteiger partial charge in [-0.3, -0.25) is 9.59 Å². The topological polar surface area (TPSA) is 84.7 Å². The van der Waals surface area contributed by atoms with Crippen LogP contribution in [0.4, 0.5) is 10.5 Å². The largest absolute Gasteiger partial charge is 0.334 e. The first-order valence-corrected chi connectivity index (χ1v) is 11.6. The second-order valence-electron chi connectivity index (χ2n) is 8.10. The van der Waals surface area contributed by atoms with E-state index in [1.54, 1.807) is 22.8 Å². The summed E-state index contributed by atoms with van der Waals surface area (Å²) in [6, 6.07) is 13.2. The van der Waals surface area contributed by atoms with E-state index in [4.69, 9.17) is 11.6 Å². The third kappa shape index (κ3) is 3.07. The number of nitrogens with zero attached hydrogens (tertiary/aromatic N) is 4. The van der Waals surface area contributed by atoms with Crippen LogP contribution in [0.5, 0.6) is 0 Å². The number of imide groups is 1. The van der Waals surface area contributed by atoms with Crippen LogP contribution in [0.3, 0.4) is 0 Å². The van der Waals surface area contributed by atoms with E-state index in [2.05, 4.69) is 0 Å². The van der Waals surface area contributed by atoms with E-state index in [0.29, 0.717) is 29.8 Å². The van der Waals surface area contributed by atoms with Gasteiger partial charge in [0, 0.05) is 11.4 Å². The molecule has 2 aromatic rings. The van der Waals surface area contributed by atoms with Crippen LogP contribution in [0.1, 0.15) is 17.5 Å². The number of urea groups is 1. The van der Waals surface area contributed by atoms with Gasteiger partial charge in [0.2, 0.25) is 5.91 Å². The number of fused-ring (bicyclic) bond motifs is 5. The minimum absolute atomic E-state index is 0.0256. The van der Waals surface area contributed by atoms with Crippen LogP contribution in [-0.4, -0.2) is 58.1 Å². The molecule has 0 radical (unpaired) electrons. The van der Waals surface area contributed by atoms with Crippen molar-refractivity contribution in [2.45, 2.75) is 36.4 Å². The maximum absolute atomic E-state index is 13.4. The Labute approximate surface area is 194 Å². The lowest BCUT2D eigenvalue weighted by Crippen LogP contribution is -2.55. The number of carbonyl (C=O) groups is 3. The summed E-state index contributed by atoms with van der Waals surface area (Å²) in [7, 11) is 0. The van der Waals surface area contributed by atoms with E-state index in [0.717, 1.165) is 9.80 Å². The fourth-order valence-corrected chi connectivity index (χ4v) is 5.92. The number of carbonyl (C=O) groups excluding carboxylic acids is 3. The van der Waals surface area contributed by atoms with Gasteiger partial charge in [-0.2, -0.15) is 5.26 Å². The van der Waals surface area contributed by atoms with Gasteiger partial charge in [0.05, 0.1) is 34.1 Å². The molecule has 3 saturated heterocycles. The minimum atomic E-state index is -0.680. The van der Waals surface area contributed by atoms with E-state index in [1.807, 2.05) is 36.4 Å². The van der Waals surface area contributed by atoms with Crippen molar-refractivity contribution in [2.75, 3.05) is 17.2 Å². The molecule has 2 bridgehead atoms. The van der Waals surface area contributed by atoms with E-state index >= 15 is 0 Å². The number of rotatable bonds is 4. The number of halogens is 1. The molecule has 3 atom stereocenters. The van der Waals surface area contributed by atoms with Crippen molar-refractivity contribution < 1.29 is 14.4 Å². The lowest BCUT2D eigenvalue weighted by molar-refractivity contribution is -0.133. The number of hydrogen-bond donors (Lipinski definition) is 0.